The van der Waals surface area contributed by atoms with Gasteiger partial charge < -0.3 is 5.32 Å². The van der Waals surface area contributed by atoms with Gasteiger partial charge in [-0.15, -0.1) is 0 Å². The van der Waals surface area contributed by atoms with Crippen molar-refractivity contribution >= 4 is 5.91 Å². The first kappa shape index (κ1) is 18.4. The van der Waals surface area contributed by atoms with Crippen LogP contribution in [0.4, 0.5) is 13.2 Å². The lowest BCUT2D eigenvalue weighted by atomic mass is 9.93. The number of hydrazine groups is 1. The standard InChI is InChI=1S/C19H20F3N3O/c1-12-5-4-7-13(9-12)17-15(11-24-25-17)18(26)23-10-14-6-2-3-8-16(14)19(20,21)22/h2-9,15,17,24-25H,10-11H2,1H3,(H,23,26). The molecule has 3 rings (SSSR count). The van der Waals surface area contributed by atoms with Crippen LogP contribution < -0.4 is 16.2 Å². The van der Waals surface area contributed by atoms with Gasteiger partial charge in [-0.25, -0.2) is 5.43 Å². The predicted molar refractivity (Wildman–Crippen MR) is 91.8 cm³/mol. The first-order valence-corrected chi connectivity index (χ1v) is 8.34. The molecule has 1 amide bonds. The van der Waals surface area contributed by atoms with E-state index in [-0.39, 0.29) is 24.1 Å². The van der Waals surface area contributed by atoms with Crippen LogP contribution in [0, 0.1) is 12.8 Å². The fraction of sp³-hybridized carbons (Fsp3) is 0.316. The molecule has 1 aliphatic heterocycles. The van der Waals surface area contributed by atoms with Crippen molar-refractivity contribution in [3.05, 3.63) is 70.8 Å². The Morgan fingerprint density at radius 2 is 1.96 bits per heavy atom. The number of amides is 1. The number of hydrogen-bond donors (Lipinski definition) is 3. The monoisotopic (exact) mass is 363 g/mol. The third-order valence-corrected chi connectivity index (χ3v) is 4.50. The lowest BCUT2D eigenvalue weighted by molar-refractivity contribution is -0.138. The van der Waals surface area contributed by atoms with E-state index in [0.717, 1.165) is 17.2 Å². The number of carbonyl (C=O) groups excluding carboxylic acids is 1. The van der Waals surface area contributed by atoms with Gasteiger partial charge in [-0.2, -0.15) is 13.2 Å². The summed E-state index contributed by atoms with van der Waals surface area (Å²) in [6.45, 7) is 2.21. The van der Waals surface area contributed by atoms with Crippen LogP contribution in [0.2, 0.25) is 0 Å². The van der Waals surface area contributed by atoms with Crippen LogP contribution in [0.5, 0.6) is 0 Å². The van der Waals surface area contributed by atoms with E-state index in [0.29, 0.717) is 6.54 Å². The summed E-state index contributed by atoms with van der Waals surface area (Å²) >= 11 is 0. The maximum Gasteiger partial charge on any atom is 0.416 e. The van der Waals surface area contributed by atoms with Gasteiger partial charge in [-0.05, 0) is 24.1 Å². The average molecular weight is 363 g/mol. The molecule has 2 aromatic rings. The normalized spacial score (nSPS) is 20.2. The summed E-state index contributed by atoms with van der Waals surface area (Å²) in [4.78, 5) is 12.6. The average Bonchev–Trinajstić information content (AvgIpc) is 3.09. The van der Waals surface area contributed by atoms with Crippen molar-refractivity contribution in [3.63, 3.8) is 0 Å². The zero-order valence-electron chi connectivity index (χ0n) is 14.2. The van der Waals surface area contributed by atoms with E-state index in [9.17, 15) is 18.0 Å². The SMILES string of the molecule is Cc1cccc(C2NNCC2C(=O)NCc2ccccc2C(F)(F)F)c1. The van der Waals surface area contributed by atoms with E-state index < -0.39 is 17.7 Å². The summed E-state index contributed by atoms with van der Waals surface area (Å²) in [6.07, 6.45) is -4.44. The first-order chi connectivity index (χ1) is 12.4. The second-order valence-electron chi connectivity index (χ2n) is 6.40. The van der Waals surface area contributed by atoms with Crippen LogP contribution >= 0.6 is 0 Å². The highest BCUT2D eigenvalue weighted by molar-refractivity contribution is 5.80. The van der Waals surface area contributed by atoms with Crippen LogP contribution in [0.25, 0.3) is 0 Å². The summed E-state index contributed by atoms with van der Waals surface area (Å²) < 4.78 is 39.2. The number of alkyl halides is 3. The van der Waals surface area contributed by atoms with Gasteiger partial charge in [-0.3, -0.25) is 10.2 Å². The van der Waals surface area contributed by atoms with E-state index >= 15 is 0 Å². The summed E-state index contributed by atoms with van der Waals surface area (Å²) in [6, 6.07) is 12.8. The fourth-order valence-corrected chi connectivity index (χ4v) is 3.19. The molecule has 0 aromatic heterocycles. The van der Waals surface area contributed by atoms with Crippen LogP contribution in [0.1, 0.15) is 28.3 Å². The van der Waals surface area contributed by atoms with Crippen LogP contribution in [-0.4, -0.2) is 12.5 Å². The maximum atomic E-state index is 13.1. The molecule has 0 radical (unpaired) electrons. The highest BCUT2D eigenvalue weighted by Crippen LogP contribution is 2.32. The maximum absolute atomic E-state index is 13.1. The van der Waals surface area contributed by atoms with Gasteiger partial charge in [-0.1, -0.05) is 48.0 Å². The zero-order valence-corrected chi connectivity index (χ0v) is 14.2. The third-order valence-electron chi connectivity index (χ3n) is 4.50. The Balaban J connectivity index is 1.71. The molecule has 1 saturated heterocycles. The minimum absolute atomic E-state index is 0.0550. The number of hydrogen-bond acceptors (Lipinski definition) is 3. The molecule has 3 N–H and O–H groups in total. The van der Waals surface area contributed by atoms with E-state index in [1.807, 2.05) is 31.2 Å². The summed E-state index contributed by atoms with van der Waals surface area (Å²) in [5.41, 5.74) is 7.41. The zero-order chi connectivity index (χ0) is 18.7. The Bertz CT molecular complexity index is 792. The van der Waals surface area contributed by atoms with Gasteiger partial charge in [0.25, 0.3) is 0 Å². The van der Waals surface area contributed by atoms with Gasteiger partial charge >= 0.3 is 6.18 Å². The molecular formula is C19H20F3N3O. The quantitative estimate of drug-likeness (QED) is 0.783. The van der Waals surface area contributed by atoms with E-state index in [1.165, 1.54) is 18.2 Å². The van der Waals surface area contributed by atoms with Crippen molar-refractivity contribution in [3.8, 4) is 0 Å². The Morgan fingerprint density at radius 3 is 2.69 bits per heavy atom. The van der Waals surface area contributed by atoms with Gasteiger partial charge in [0.05, 0.1) is 17.5 Å². The number of benzene rings is 2. The minimum atomic E-state index is -4.44. The third kappa shape index (κ3) is 4.05. The Hall–Kier alpha value is -2.38. The molecule has 0 saturated carbocycles. The number of carbonyl (C=O) groups is 1. The summed E-state index contributed by atoms with van der Waals surface area (Å²) in [5, 5.41) is 2.65. The highest BCUT2D eigenvalue weighted by Gasteiger charge is 2.35. The molecule has 4 nitrogen and oxygen atoms in total. The van der Waals surface area contributed by atoms with Crippen molar-refractivity contribution in [2.45, 2.75) is 25.7 Å². The molecule has 1 aliphatic rings. The molecule has 2 atom stereocenters. The van der Waals surface area contributed by atoms with Crippen molar-refractivity contribution < 1.29 is 18.0 Å². The molecule has 2 unspecified atom stereocenters. The summed E-state index contributed by atoms with van der Waals surface area (Å²) in [5.74, 6) is -0.694. The predicted octanol–water partition coefficient (Wildman–Crippen LogP) is 3.10. The lowest BCUT2D eigenvalue weighted by Gasteiger charge is -2.19. The number of rotatable bonds is 4. The second kappa shape index (κ2) is 7.47. The fourth-order valence-electron chi connectivity index (χ4n) is 3.19. The lowest BCUT2D eigenvalue weighted by Crippen LogP contribution is -2.35. The van der Waals surface area contributed by atoms with Crippen molar-refractivity contribution in [2.24, 2.45) is 5.92 Å². The molecular weight excluding hydrogens is 343 g/mol. The molecule has 2 aromatic carbocycles. The molecule has 1 fully saturated rings. The van der Waals surface area contributed by atoms with Crippen LogP contribution in [-0.2, 0) is 17.5 Å². The molecule has 0 spiro atoms. The van der Waals surface area contributed by atoms with Crippen molar-refractivity contribution in [1.82, 2.24) is 16.2 Å². The second-order valence-corrected chi connectivity index (χ2v) is 6.40. The molecule has 138 valence electrons. The molecule has 0 bridgehead atoms. The summed E-state index contributed by atoms with van der Waals surface area (Å²) in [7, 11) is 0. The van der Waals surface area contributed by atoms with E-state index in [1.54, 1.807) is 0 Å². The van der Waals surface area contributed by atoms with Gasteiger partial charge in [0.15, 0.2) is 0 Å². The Kier molecular flexibility index (Phi) is 5.29. The Labute approximate surface area is 149 Å². The minimum Gasteiger partial charge on any atom is -0.352 e. The Morgan fingerprint density at radius 1 is 1.19 bits per heavy atom. The number of halogens is 3. The smallest absolute Gasteiger partial charge is 0.352 e. The highest BCUT2D eigenvalue weighted by atomic mass is 19.4. The van der Waals surface area contributed by atoms with E-state index in [4.69, 9.17) is 0 Å². The topological polar surface area (TPSA) is 53.2 Å². The number of aryl methyl sites for hydroxylation is 1. The van der Waals surface area contributed by atoms with Gasteiger partial charge in [0.1, 0.15) is 0 Å². The molecule has 7 heteroatoms. The van der Waals surface area contributed by atoms with E-state index in [2.05, 4.69) is 16.2 Å². The number of nitrogens with one attached hydrogen (secondary N) is 3. The van der Waals surface area contributed by atoms with Crippen LogP contribution in [0.3, 0.4) is 0 Å². The molecule has 1 heterocycles. The van der Waals surface area contributed by atoms with Crippen molar-refractivity contribution in [1.29, 1.82) is 0 Å². The first-order valence-electron chi connectivity index (χ1n) is 8.34. The van der Waals surface area contributed by atoms with Crippen molar-refractivity contribution in [2.75, 3.05) is 6.54 Å². The largest absolute Gasteiger partial charge is 0.416 e. The molecule has 0 aliphatic carbocycles. The van der Waals surface area contributed by atoms with Gasteiger partial charge in [0, 0.05) is 13.1 Å². The van der Waals surface area contributed by atoms with Gasteiger partial charge in [0.2, 0.25) is 5.91 Å². The van der Waals surface area contributed by atoms with Crippen LogP contribution in [0.15, 0.2) is 48.5 Å². The molecule has 26 heavy (non-hydrogen) atoms.